The molecule has 1 atom stereocenters. The summed E-state index contributed by atoms with van der Waals surface area (Å²) in [4.78, 5) is 0. The number of rotatable bonds is 3. The van der Waals surface area contributed by atoms with Gasteiger partial charge in [-0.3, -0.25) is 0 Å². The molecule has 0 spiro atoms. The van der Waals surface area contributed by atoms with Crippen LogP contribution in [0.2, 0.25) is 0 Å². The molecule has 0 nitrogen and oxygen atoms in total. The highest BCUT2D eigenvalue weighted by molar-refractivity contribution is 4.87. The molecule has 1 aliphatic rings. The monoisotopic (exact) mass is 164 g/mol. The molecular formula is C9H18F2. The number of halogens is 2. The Labute approximate surface area is 68.0 Å². The van der Waals surface area contributed by atoms with Gasteiger partial charge in [-0.15, -0.1) is 0 Å². The lowest BCUT2D eigenvalue weighted by Gasteiger charge is -2.36. The molecule has 0 aromatic carbocycles. The second-order valence-corrected chi connectivity index (χ2v) is 3.14. The first kappa shape index (κ1) is 10.9. The smallest absolute Gasteiger partial charge is 0.207 e. The van der Waals surface area contributed by atoms with Crippen LogP contribution in [0.5, 0.6) is 0 Å². The van der Waals surface area contributed by atoms with Crippen molar-refractivity contribution < 1.29 is 8.78 Å². The van der Waals surface area contributed by atoms with Gasteiger partial charge in [-0.05, 0) is 12.8 Å². The van der Waals surface area contributed by atoms with Gasteiger partial charge in [-0.1, -0.05) is 27.2 Å². The molecule has 11 heavy (non-hydrogen) atoms. The van der Waals surface area contributed by atoms with E-state index in [1.165, 1.54) is 0 Å². The van der Waals surface area contributed by atoms with Gasteiger partial charge in [0.1, 0.15) is 0 Å². The van der Waals surface area contributed by atoms with Crippen molar-refractivity contribution in [3.05, 3.63) is 0 Å². The summed E-state index contributed by atoms with van der Waals surface area (Å²) in [7, 11) is 0. The molecule has 0 N–H and O–H groups in total. The van der Waals surface area contributed by atoms with Crippen molar-refractivity contribution in [3.8, 4) is 0 Å². The van der Waals surface area contributed by atoms with Gasteiger partial charge < -0.3 is 0 Å². The minimum absolute atomic E-state index is 0. The van der Waals surface area contributed by atoms with Gasteiger partial charge in [-0.2, -0.15) is 0 Å². The first-order valence-electron chi connectivity index (χ1n) is 4.04. The van der Waals surface area contributed by atoms with E-state index in [-0.39, 0.29) is 19.8 Å². The second-order valence-electron chi connectivity index (χ2n) is 3.14. The van der Waals surface area contributed by atoms with Crippen LogP contribution in [0.4, 0.5) is 8.78 Å². The van der Waals surface area contributed by atoms with Gasteiger partial charge in [0.25, 0.3) is 5.92 Å². The molecule has 0 aliphatic heterocycles. The molecule has 0 saturated heterocycles. The second kappa shape index (κ2) is 4.03. The van der Waals surface area contributed by atoms with Crippen LogP contribution in [0.3, 0.4) is 0 Å². The topological polar surface area (TPSA) is 0 Å². The van der Waals surface area contributed by atoms with E-state index >= 15 is 0 Å². The van der Waals surface area contributed by atoms with Crippen molar-refractivity contribution in [2.75, 3.05) is 0 Å². The highest BCUT2D eigenvalue weighted by Crippen LogP contribution is 2.45. The maximum Gasteiger partial charge on any atom is 0.250 e. The fourth-order valence-corrected chi connectivity index (χ4v) is 1.37. The Morgan fingerprint density at radius 2 is 2.09 bits per heavy atom. The summed E-state index contributed by atoms with van der Waals surface area (Å²) < 4.78 is 25.1. The Kier molecular flexibility index (Phi) is 3.98. The minimum Gasteiger partial charge on any atom is -0.207 e. The van der Waals surface area contributed by atoms with Crippen molar-refractivity contribution in [2.45, 2.75) is 52.4 Å². The summed E-state index contributed by atoms with van der Waals surface area (Å²) in [6.45, 7) is 2.04. The van der Waals surface area contributed by atoms with Crippen molar-refractivity contribution in [1.82, 2.24) is 0 Å². The Bertz CT molecular complexity index is 110. The van der Waals surface area contributed by atoms with Gasteiger partial charge in [0.2, 0.25) is 0 Å². The van der Waals surface area contributed by atoms with Crippen molar-refractivity contribution >= 4 is 0 Å². The largest absolute Gasteiger partial charge is 0.250 e. The van der Waals surface area contributed by atoms with Crippen LogP contribution in [-0.2, 0) is 0 Å². The molecule has 0 aromatic heterocycles. The van der Waals surface area contributed by atoms with Gasteiger partial charge in [0.05, 0.1) is 0 Å². The molecule has 0 amide bonds. The third kappa shape index (κ3) is 2.42. The van der Waals surface area contributed by atoms with Crippen molar-refractivity contribution in [3.63, 3.8) is 0 Å². The van der Waals surface area contributed by atoms with E-state index in [9.17, 15) is 8.78 Å². The Hall–Kier alpha value is -0.140. The number of hydrogen-bond acceptors (Lipinski definition) is 0. The maximum absolute atomic E-state index is 12.5. The number of hydrogen-bond donors (Lipinski definition) is 0. The van der Waals surface area contributed by atoms with Crippen LogP contribution in [0, 0.1) is 5.92 Å². The Morgan fingerprint density at radius 3 is 2.36 bits per heavy atom. The van der Waals surface area contributed by atoms with Gasteiger partial charge >= 0.3 is 0 Å². The lowest BCUT2D eigenvalue weighted by atomic mass is 9.78. The van der Waals surface area contributed by atoms with Gasteiger partial charge in [0.15, 0.2) is 0 Å². The quantitative estimate of drug-likeness (QED) is 0.594. The Balaban J connectivity index is 0.000001000. The van der Waals surface area contributed by atoms with Crippen LogP contribution < -0.4 is 0 Å². The van der Waals surface area contributed by atoms with Crippen LogP contribution in [0.15, 0.2) is 0 Å². The molecule has 1 unspecified atom stereocenters. The minimum atomic E-state index is -2.31. The zero-order valence-corrected chi connectivity index (χ0v) is 6.37. The summed E-state index contributed by atoms with van der Waals surface area (Å²) in [5.74, 6) is -2.60. The predicted molar refractivity (Wildman–Crippen MR) is 43.9 cm³/mol. The molecule has 0 heterocycles. The van der Waals surface area contributed by atoms with Crippen molar-refractivity contribution in [1.29, 1.82) is 0 Å². The zero-order chi connectivity index (χ0) is 7.61. The van der Waals surface area contributed by atoms with E-state index in [0.29, 0.717) is 0 Å². The highest BCUT2D eigenvalue weighted by Gasteiger charge is 2.47. The molecule has 0 bridgehead atoms. The molecule has 0 aromatic rings. The molecular weight excluding hydrogens is 146 g/mol. The highest BCUT2D eigenvalue weighted by atomic mass is 19.3. The van der Waals surface area contributed by atoms with E-state index in [1.54, 1.807) is 0 Å². The molecule has 68 valence electrons. The normalized spacial score (nSPS) is 27.0. The standard InChI is InChI=1S/C8H14F2.CH4/c1-2-3-4-7-5-6-8(7,9)10;/h7H,2-6H2,1H3;1H4. The van der Waals surface area contributed by atoms with E-state index in [0.717, 1.165) is 25.7 Å². The van der Waals surface area contributed by atoms with E-state index in [1.807, 2.05) is 6.92 Å². The summed E-state index contributed by atoms with van der Waals surface area (Å²) >= 11 is 0. The third-order valence-corrected chi connectivity index (χ3v) is 2.33. The SMILES string of the molecule is C.CCCCC1CCC1(F)F. The molecule has 1 aliphatic carbocycles. The van der Waals surface area contributed by atoms with E-state index in [4.69, 9.17) is 0 Å². The molecule has 1 fully saturated rings. The Morgan fingerprint density at radius 1 is 1.45 bits per heavy atom. The zero-order valence-electron chi connectivity index (χ0n) is 6.37. The lowest BCUT2D eigenvalue weighted by molar-refractivity contribution is -0.135. The lowest BCUT2D eigenvalue weighted by Crippen LogP contribution is -2.38. The average Bonchev–Trinajstić information content (AvgIpc) is 1.87. The summed E-state index contributed by atoms with van der Waals surface area (Å²) in [6.07, 6.45) is 3.59. The summed E-state index contributed by atoms with van der Waals surface area (Å²) in [6, 6.07) is 0. The van der Waals surface area contributed by atoms with E-state index in [2.05, 4.69) is 0 Å². The predicted octanol–water partition coefficient (Wildman–Crippen LogP) is 3.86. The van der Waals surface area contributed by atoms with Crippen LogP contribution >= 0.6 is 0 Å². The average molecular weight is 164 g/mol. The van der Waals surface area contributed by atoms with Gasteiger partial charge in [-0.25, -0.2) is 8.78 Å². The molecule has 1 rings (SSSR count). The van der Waals surface area contributed by atoms with Crippen molar-refractivity contribution in [2.24, 2.45) is 5.92 Å². The summed E-state index contributed by atoms with van der Waals surface area (Å²) in [5, 5.41) is 0. The summed E-state index contributed by atoms with van der Waals surface area (Å²) in [5.41, 5.74) is 0. The third-order valence-electron chi connectivity index (χ3n) is 2.33. The molecule has 0 radical (unpaired) electrons. The molecule has 1 saturated carbocycles. The number of alkyl halides is 2. The first-order chi connectivity index (χ1) is 4.67. The maximum atomic E-state index is 12.5. The van der Waals surface area contributed by atoms with Crippen LogP contribution in [-0.4, -0.2) is 5.92 Å². The number of unbranched alkanes of at least 4 members (excludes halogenated alkanes) is 1. The molecule has 2 heteroatoms. The van der Waals surface area contributed by atoms with Crippen LogP contribution in [0.25, 0.3) is 0 Å². The fourth-order valence-electron chi connectivity index (χ4n) is 1.37. The fraction of sp³-hybridized carbons (Fsp3) is 1.00. The van der Waals surface area contributed by atoms with Crippen LogP contribution in [0.1, 0.15) is 46.5 Å². The van der Waals surface area contributed by atoms with E-state index < -0.39 is 5.92 Å². The van der Waals surface area contributed by atoms with Gasteiger partial charge in [0, 0.05) is 12.3 Å². The first-order valence-corrected chi connectivity index (χ1v) is 4.04.